The van der Waals surface area contributed by atoms with Gasteiger partial charge in [-0.2, -0.15) is 8.78 Å². The first kappa shape index (κ1) is 16.7. The second kappa shape index (κ2) is 5.95. The zero-order valence-electron chi connectivity index (χ0n) is 11.9. The van der Waals surface area contributed by atoms with Crippen LogP contribution in [0.1, 0.15) is 34.1 Å². The normalized spacial score (nSPS) is 26.8. The van der Waals surface area contributed by atoms with Crippen molar-refractivity contribution in [3.8, 4) is 0 Å². The summed E-state index contributed by atoms with van der Waals surface area (Å²) in [5.74, 6) is -3.56. The molecular weight excluding hydrogens is 262 g/mol. The van der Waals surface area contributed by atoms with Gasteiger partial charge >= 0.3 is 12.3 Å². The smallest absolute Gasteiger partial charge is 0.319 e. The molecule has 1 aliphatic rings. The maximum absolute atomic E-state index is 12.8. The Bertz CT molecular complexity index is 294. The van der Waals surface area contributed by atoms with Gasteiger partial charge in [0.15, 0.2) is 0 Å². The van der Waals surface area contributed by atoms with Gasteiger partial charge in [0.1, 0.15) is 0 Å². The van der Waals surface area contributed by atoms with Crippen molar-refractivity contribution in [3.63, 3.8) is 0 Å². The fourth-order valence-corrected chi connectivity index (χ4v) is 2.16. The summed E-state index contributed by atoms with van der Waals surface area (Å²) in [4.78, 5) is 0. The average Bonchev–Trinajstić information content (AvgIpc) is 2.26. The third-order valence-electron chi connectivity index (χ3n) is 3.71. The fourth-order valence-electron chi connectivity index (χ4n) is 2.16. The molecule has 2 nitrogen and oxygen atoms in total. The van der Waals surface area contributed by atoms with Crippen molar-refractivity contribution in [2.75, 3.05) is 13.2 Å². The van der Waals surface area contributed by atoms with Gasteiger partial charge in [-0.05, 0) is 12.3 Å². The maximum Gasteiger partial charge on any atom is 0.319 e. The molecule has 0 aromatic carbocycles. The minimum Gasteiger partial charge on any atom is -0.377 e. The van der Waals surface area contributed by atoms with E-state index in [1.54, 1.807) is 0 Å². The molecule has 114 valence electrons. The molecule has 2 atom stereocenters. The molecule has 6 heteroatoms. The van der Waals surface area contributed by atoms with E-state index in [-0.39, 0.29) is 17.6 Å². The summed E-state index contributed by atoms with van der Waals surface area (Å²) in [7, 11) is 0. The topological polar surface area (TPSA) is 21.3 Å². The van der Waals surface area contributed by atoms with Crippen LogP contribution in [0.5, 0.6) is 0 Å². The fraction of sp³-hybridized carbons (Fsp3) is 1.00. The molecule has 0 spiro atoms. The third-order valence-corrected chi connectivity index (χ3v) is 3.71. The summed E-state index contributed by atoms with van der Waals surface area (Å²) in [6, 6.07) is -0.214. The number of ether oxygens (including phenoxy) is 1. The van der Waals surface area contributed by atoms with E-state index in [1.165, 1.54) is 0 Å². The molecule has 0 heterocycles. The van der Waals surface area contributed by atoms with Gasteiger partial charge in [0.25, 0.3) is 0 Å². The van der Waals surface area contributed by atoms with Crippen molar-refractivity contribution >= 4 is 0 Å². The van der Waals surface area contributed by atoms with Gasteiger partial charge in [0.05, 0.1) is 12.6 Å². The molecule has 1 saturated carbocycles. The van der Waals surface area contributed by atoms with Crippen molar-refractivity contribution < 1.29 is 22.3 Å². The Hall–Kier alpha value is -0.360. The van der Waals surface area contributed by atoms with E-state index in [2.05, 4.69) is 5.32 Å². The van der Waals surface area contributed by atoms with E-state index in [9.17, 15) is 17.6 Å². The van der Waals surface area contributed by atoms with Crippen LogP contribution in [0.4, 0.5) is 17.6 Å². The minimum atomic E-state index is -3.97. The highest BCUT2D eigenvalue weighted by Crippen LogP contribution is 2.43. The first-order valence-electron chi connectivity index (χ1n) is 6.58. The van der Waals surface area contributed by atoms with E-state index in [1.807, 2.05) is 27.7 Å². The Balaban J connectivity index is 2.39. The number of rotatable bonds is 7. The summed E-state index contributed by atoms with van der Waals surface area (Å²) < 4.78 is 55.4. The lowest BCUT2D eigenvalue weighted by molar-refractivity contribution is -0.149. The molecule has 0 aromatic rings. The molecule has 1 aliphatic carbocycles. The summed E-state index contributed by atoms with van der Waals surface area (Å²) in [5, 5.41) is 2.54. The highest BCUT2D eigenvalue weighted by molar-refractivity contribution is 5.03. The Morgan fingerprint density at radius 3 is 2.32 bits per heavy atom. The Kier molecular flexibility index (Phi) is 5.23. The first-order chi connectivity index (χ1) is 8.57. The third kappa shape index (κ3) is 4.05. The molecule has 0 bridgehead atoms. The van der Waals surface area contributed by atoms with Crippen LogP contribution in [0.25, 0.3) is 0 Å². The SMILES string of the molecule is CC(C)COC1CC(NCC(F)(F)C(F)F)C1(C)C. The number of alkyl halides is 4. The number of hydrogen-bond donors (Lipinski definition) is 1. The minimum absolute atomic E-state index is 0.00688. The molecule has 0 radical (unpaired) electrons. The Morgan fingerprint density at radius 1 is 1.32 bits per heavy atom. The molecule has 0 saturated heterocycles. The predicted molar refractivity (Wildman–Crippen MR) is 65.7 cm³/mol. The molecule has 0 aliphatic heterocycles. The number of hydrogen-bond acceptors (Lipinski definition) is 2. The molecule has 0 amide bonds. The van der Waals surface area contributed by atoms with Gasteiger partial charge in [-0.3, -0.25) is 0 Å². The summed E-state index contributed by atoms with van der Waals surface area (Å²) in [5.41, 5.74) is -0.312. The van der Waals surface area contributed by atoms with Crippen LogP contribution in [0.15, 0.2) is 0 Å². The van der Waals surface area contributed by atoms with Gasteiger partial charge in [-0.15, -0.1) is 0 Å². The largest absolute Gasteiger partial charge is 0.377 e. The highest BCUT2D eigenvalue weighted by atomic mass is 19.3. The molecule has 19 heavy (non-hydrogen) atoms. The summed E-state index contributed by atoms with van der Waals surface area (Å²) in [6.45, 7) is 7.50. The van der Waals surface area contributed by atoms with Crippen LogP contribution in [-0.4, -0.2) is 37.6 Å². The van der Waals surface area contributed by atoms with E-state index in [0.29, 0.717) is 18.9 Å². The van der Waals surface area contributed by atoms with Crippen LogP contribution in [0, 0.1) is 11.3 Å². The van der Waals surface area contributed by atoms with Crippen LogP contribution in [0.3, 0.4) is 0 Å². The summed E-state index contributed by atoms with van der Waals surface area (Å²) >= 11 is 0. The van der Waals surface area contributed by atoms with E-state index < -0.39 is 18.9 Å². The van der Waals surface area contributed by atoms with Crippen molar-refractivity contribution in [3.05, 3.63) is 0 Å². The van der Waals surface area contributed by atoms with Crippen LogP contribution >= 0.6 is 0 Å². The monoisotopic (exact) mass is 285 g/mol. The number of nitrogens with one attached hydrogen (secondary N) is 1. The van der Waals surface area contributed by atoms with E-state index in [0.717, 1.165) is 0 Å². The zero-order valence-corrected chi connectivity index (χ0v) is 11.9. The Morgan fingerprint density at radius 2 is 1.89 bits per heavy atom. The number of halogens is 4. The average molecular weight is 285 g/mol. The lowest BCUT2D eigenvalue weighted by Crippen LogP contribution is -2.62. The summed E-state index contributed by atoms with van der Waals surface area (Å²) in [6.07, 6.45) is -3.05. The molecule has 1 fully saturated rings. The highest BCUT2D eigenvalue weighted by Gasteiger charge is 2.50. The molecule has 1 rings (SSSR count). The lowest BCUT2D eigenvalue weighted by Gasteiger charge is -2.52. The van der Waals surface area contributed by atoms with Crippen LogP contribution in [-0.2, 0) is 4.74 Å². The van der Waals surface area contributed by atoms with Crippen molar-refractivity contribution in [2.45, 2.75) is 58.6 Å². The van der Waals surface area contributed by atoms with Crippen LogP contribution in [0.2, 0.25) is 0 Å². The molecule has 0 aromatic heterocycles. The Labute approximate surface area is 111 Å². The second-order valence-corrected chi connectivity index (χ2v) is 6.27. The first-order valence-corrected chi connectivity index (χ1v) is 6.58. The van der Waals surface area contributed by atoms with Crippen molar-refractivity contribution in [1.82, 2.24) is 5.32 Å². The van der Waals surface area contributed by atoms with Crippen molar-refractivity contribution in [2.24, 2.45) is 11.3 Å². The molecule has 1 N–H and O–H groups in total. The van der Waals surface area contributed by atoms with Gasteiger partial charge in [-0.25, -0.2) is 8.78 Å². The second-order valence-electron chi connectivity index (χ2n) is 6.27. The van der Waals surface area contributed by atoms with Gasteiger partial charge in [0.2, 0.25) is 0 Å². The van der Waals surface area contributed by atoms with E-state index in [4.69, 9.17) is 4.74 Å². The zero-order chi connectivity index (χ0) is 14.8. The lowest BCUT2D eigenvalue weighted by atomic mass is 9.64. The van der Waals surface area contributed by atoms with Gasteiger partial charge in [-0.1, -0.05) is 27.7 Å². The standard InChI is InChI=1S/C13H23F4NO/c1-8(2)6-19-10-5-9(12(10,3)4)18-7-13(16,17)11(14)15/h8-11,18H,5-7H2,1-4H3. The molecule has 2 unspecified atom stereocenters. The maximum atomic E-state index is 12.8. The van der Waals surface area contributed by atoms with Crippen LogP contribution < -0.4 is 5.32 Å². The van der Waals surface area contributed by atoms with E-state index >= 15 is 0 Å². The molecular formula is C13H23F4NO. The van der Waals surface area contributed by atoms with Gasteiger partial charge < -0.3 is 10.1 Å². The van der Waals surface area contributed by atoms with Gasteiger partial charge in [0, 0.05) is 18.1 Å². The van der Waals surface area contributed by atoms with Crippen molar-refractivity contribution in [1.29, 1.82) is 0 Å². The predicted octanol–water partition coefficient (Wildman–Crippen LogP) is 3.32. The quantitative estimate of drug-likeness (QED) is 0.725.